The molecule has 1 aromatic rings. The third-order valence-corrected chi connectivity index (χ3v) is 4.80. The molecule has 2 N–H and O–H groups in total. The number of alkyl halides is 3. The fraction of sp³-hybridized carbons (Fsp3) is 0.500. The standard InChI is InChI=1S/C12H16F4NO3P/c1-3-19-21(18,20-4-2)11(17)9-6-5-8(7-10(9)13)12(14,15)16/h5-7,11H,3-4,17H2,1-2H3/t11-/m0/s1. The molecule has 0 fully saturated rings. The van der Waals surface area contributed by atoms with E-state index < -0.39 is 30.9 Å². The molecule has 9 heteroatoms. The highest BCUT2D eigenvalue weighted by molar-refractivity contribution is 7.54. The van der Waals surface area contributed by atoms with Gasteiger partial charge in [0.25, 0.3) is 0 Å². The van der Waals surface area contributed by atoms with Crippen molar-refractivity contribution in [2.24, 2.45) is 5.73 Å². The van der Waals surface area contributed by atoms with Crippen LogP contribution in [0.15, 0.2) is 18.2 Å². The van der Waals surface area contributed by atoms with E-state index in [0.717, 1.165) is 6.07 Å². The Morgan fingerprint density at radius 3 is 2.14 bits per heavy atom. The molecule has 0 aliphatic carbocycles. The number of rotatable bonds is 6. The Morgan fingerprint density at radius 1 is 1.24 bits per heavy atom. The van der Waals surface area contributed by atoms with Crippen molar-refractivity contribution >= 4 is 7.60 Å². The second-order valence-corrected chi connectivity index (χ2v) is 6.21. The first kappa shape index (κ1) is 18.1. The van der Waals surface area contributed by atoms with E-state index in [9.17, 15) is 22.1 Å². The van der Waals surface area contributed by atoms with Crippen molar-refractivity contribution < 1.29 is 31.2 Å². The predicted octanol–water partition coefficient (Wildman–Crippen LogP) is 4.07. The van der Waals surface area contributed by atoms with Gasteiger partial charge in [0.15, 0.2) is 0 Å². The van der Waals surface area contributed by atoms with Gasteiger partial charge in [-0.15, -0.1) is 0 Å². The lowest BCUT2D eigenvalue weighted by Crippen LogP contribution is -2.17. The third-order valence-electron chi connectivity index (χ3n) is 2.61. The highest BCUT2D eigenvalue weighted by Crippen LogP contribution is 2.58. The van der Waals surface area contributed by atoms with Gasteiger partial charge in [-0.25, -0.2) is 4.39 Å². The molecule has 0 aliphatic rings. The average Bonchev–Trinajstić information content (AvgIpc) is 2.37. The van der Waals surface area contributed by atoms with Crippen LogP contribution in [0.1, 0.15) is 30.8 Å². The first-order valence-corrected chi connectivity index (χ1v) is 7.78. The first-order valence-electron chi connectivity index (χ1n) is 6.16. The largest absolute Gasteiger partial charge is 0.416 e. The molecule has 1 atom stereocenters. The fourth-order valence-electron chi connectivity index (χ4n) is 1.67. The monoisotopic (exact) mass is 329 g/mol. The van der Waals surface area contributed by atoms with Gasteiger partial charge in [-0.3, -0.25) is 4.57 Å². The summed E-state index contributed by atoms with van der Waals surface area (Å²) in [6, 6.07) is 1.81. The van der Waals surface area contributed by atoms with Crippen LogP contribution >= 0.6 is 7.60 Å². The predicted molar refractivity (Wildman–Crippen MR) is 69.2 cm³/mol. The van der Waals surface area contributed by atoms with Gasteiger partial charge < -0.3 is 14.8 Å². The van der Waals surface area contributed by atoms with Gasteiger partial charge in [0, 0.05) is 5.56 Å². The van der Waals surface area contributed by atoms with Crippen molar-refractivity contribution in [3.8, 4) is 0 Å². The second-order valence-electron chi connectivity index (χ2n) is 4.05. The molecule has 0 aromatic heterocycles. The molecular weight excluding hydrogens is 313 g/mol. The molecule has 0 aliphatic heterocycles. The quantitative estimate of drug-likeness (QED) is 0.631. The molecule has 0 heterocycles. The molecule has 1 aromatic carbocycles. The Morgan fingerprint density at radius 2 is 1.76 bits per heavy atom. The summed E-state index contributed by atoms with van der Waals surface area (Å²) < 4.78 is 73.6. The van der Waals surface area contributed by atoms with E-state index in [0.29, 0.717) is 12.1 Å². The maximum atomic E-state index is 13.8. The van der Waals surface area contributed by atoms with E-state index in [1.54, 1.807) is 13.8 Å². The summed E-state index contributed by atoms with van der Waals surface area (Å²) in [6.45, 7) is 3.10. The molecule has 0 unspecified atom stereocenters. The maximum Gasteiger partial charge on any atom is 0.416 e. The van der Waals surface area contributed by atoms with E-state index in [4.69, 9.17) is 14.8 Å². The minimum Gasteiger partial charge on any atom is -0.314 e. The number of nitrogens with two attached hydrogens (primary N) is 1. The van der Waals surface area contributed by atoms with Gasteiger partial charge in [-0.2, -0.15) is 13.2 Å². The van der Waals surface area contributed by atoms with Crippen molar-refractivity contribution in [3.63, 3.8) is 0 Å². The lowest BCUT2D eigenvalue weighted by molar-refractivity contribution is -0.137. The average molecular weight is 329 g/mol. The van der Waals surface area contributed by atoms with Crippen LogP contribution in [0.4, 0.5) is 17.6 Å². The zero-order valence-electron chi connectivity index (χ0n) is 11.5. The molecule has 0 saturated carbocycles. The summed E-state index contributed by atoms with van der Waals surface area (Å²) in [4.78, 5) is 0. The fourth-order valence-corrected chi connectivity index (χ4v) is 3.34. The van der Waals surface area contributed by atoms with Crippen molar-refractivity contribution in [2.75, 3.05) is 13.2 Å². The highest BCUT2D eigenvalue weighted by atomic mass is 31.2. The summed E-state index contributed by atoms with van der Waals surface area (Å²) in [7, 11) is -3.86. The van der Waals surface area contributed by atoms with Crippen LogP contribution in [0.5, 0.6) is 0 Å². The molecule has 1 rings (SSSR count). The van der Waals surface area contributed by atoms with E-state index in [1.165, 1.54) is 0 Å². The maximum absolute atomic E-state index is 13.8. The number of benzene rings is 1. The van der Waals surface area contributed by atoms with Crippen LogP contribution in [0.3, 0.4) is 0 Å². The minimum absolute atomic E-state index is 0.00717. The van der Waals surface area contributed by atoms with Gasteiger partial charge in [0.1, 0.15) is 11.6 Å². The summed E-state index contributed by atoms with van der Waals surface area (Å²) in [5.41, 5.74) is 4.16. The second kappa shape index (κ2) is 6.87. The first-order chi connectivity index (χ1) is 9.65. The van der Waals surface area contributed by atoms with Crippen LogP contribution in [-0.2, 0) is 19.8 Å². The van der Waals surface area contributed by atoms with Gasteiger partial charge in [0.05, 0.1) is 18.8 Å². The van der Waals surface area contributed by atoms with Crippen LogP contribution in [0.2, 0.25) is 0 Å². The summed E-state index contributed by atoms with van der Waals surface area (Å²) in [6.07, 6.45) is -4.67. The molecule has 0 saturated heterocycles. The van der Waals surface area contributed by atoms with Crippen LogP contribution in [0, 0.1) is 5.82 Å². The number of hydrogen-bond donors (Lipinski definition) is 1. The highest BCUT2D eigenvalue weighted by Gasteiger charge is 2.37. The smallest absolute Gasteiger partial charge is 0.314 e. The van der Waals surface area contributed by atoms with Crippen molar-refractivity contribution in [1.82, 2.24) is 0 Å². The van der Waals surface area contributed by atoms with Gasteiger partial charge in [-0.05, 0) is 26.0 Å². The summed E-state index contributed by atoms with van der Waals surface area (Å²) in [5, 5.41) is 0. The normalized spacial score (nSPS) is 14.2. The molecule has 120 valence electrons. The molecule has 0 bridgehead atoms. The van der Waals surface area contributed by atoms with Gasteiger partial charge >= 0.3 is 13.8 Å². The van der Waals surface area contributed by atoms with E-state index >= 15 is 0 Å². The van der Waals surface area contributed by atoms with Crippen LogP contribution < -0.4 is 5.73 Å². The Hall–Kier alpha value is -0.950. The number of halogens is 4. The zero-order chi connectivity index (χ0) is 16.3. The van der Waals surface area contributed by atoms with E-state index in [1.807, 2.05) is 0 Å². The van der Waals surface area contributed by atoms with Crippen molar-refractivity contribution in [1.29, 1.82) is 0 Å². The zero-order valence-corrected chi connectivity index (χ0v) is 12.4. The molecule has 0 amide bonds. The molecule has 21 heavy (non-hydrogen) atoms. The Kier molecular flexibility index (Phi) is 5.92. The summed E-state index contributed by atoms with van der Waals surface area (Å²) in [5.74, 6) is -2.71. The lowest BCUT2D eigenvalue weighted by atomic mass is 10.1. The Labute approximate surface area is 119 Å². The Balaban J connectivity index is 3.18. The summed E-state index contributed by atoms with van der Waals surface area (Å²) >= 11 is 0. The molecular formula is C12H16F4NO3P. The molecule has 4 nitrogen and oxygen atoms in total. The number of hydrogen-bond acceptors (Lipinski definition) is 4. The lowest BCUT2D eigenvalue weighted by Gasteiger charge is -2.24. The van der Waals surface area contributed by atoms with Gasteiger partial charge in [0.2, 0.25) is 0 Å². The van der Waals surface area contributed by atoms with Crippen molar-refractivity contribution in [3.05, 3.63) is 35.1 Å². The molecule has 0 radical (unpaired) electrons. The molecule has 0 spiro atoms. The topological polar surface area (TPSA) is 61.5 Å². The third kappa shape index (κ3) is 4.26. The van der Waals surface area contributed by atoms with E-state index in [2.05, 4.69) is 0 Å². The van der Waals surface area contributed by atoms with Crippen LogP contribution in [0.25, 0.3) is 0 Å². The van der Waals surface area contributed by atoms with Gasteiger partial charge in [-0.1, -0.05) is 6.07 Å². The van der Waals surface area contributed by atoms with Crippen LogP contribution in [-0.4, -0.2) is 13.2 Å². The van der Waals surface area contributed by atoms with Crippen molar-refractivity contribution in [2.45, 2.75) is 25.8 Å². The Bertz CT molecular complexity index is 526. The SMILES string of the molecule is CCOP(=O)(OCC)[C@H](N)c1ccc(C(F)(F)F)cc1F. The van der Waals surface area contributed by atoms with E-state index in [-0.39, 0.29) is 18.8 Å². The minimum atomic E-state index is -4.67.